The number of guanidine groups is 1. The van der Waals surface area contributed by atoms with Gasteiger partial charge < -0.3 is 24.8 Å². The van der Waals surface area contributed by atoms with E-state index < -0.39 is 9.84 Å². The normalized spacial score (nSPS) is 13.2. The van der Waals surface area contributed by atoms with E-state index in [0.717, 1.165) is 17.1 Å². The number of nitrogens with zero attached hydrogens (tertiary/aromatic N) is 1. The van der Waals surface area contributed by atoms with Gasteiger partial charge in [0.2, 0.25) is 0 Å². The van der Waals surface area contributed by atoms with E-state index in [1.807, 2.05) is 25.1 Å². The van der Waals surface area contributed by atoms with E-state index in [2.05, 4.69) is 15.6 Å². The minimum Gasteiger partial charge on any atom is -0.497 e. The Labute approximate surface area is 155 Å². The van der Waals surface area contributed by atoms with Gasteiger partial charge in [-0.15, -0.1) is 0 Å². The smallest absolute Gasteiger partial charge is 0.191 e. The van der Waals surface area contributed by atoms with Crippen LogP contribution in [0.5, 0.6) is 11.5 Å². The fraction of sp³-hybridized carbons (Fsp3) is 0.588. The van der Waals surface area contributed by atoms with Crippen LogP contribution < -0.4 is 20.1 Å². The van der Waals surface area contributed by atoms with E-state index in [0.29, 0.717) is 19.1 Å². The van der Waals surface area contributed by atoms with Crippen LogP contribution in [0.2, 0.25) is 0 Å². The fourth-order valence-corrected chi connectivity index (χ4v) is 2.63. The molecule has 1 aromatic rings. The third-order valence-electron chi connectivity index (χ3n) is 3.62. The highest BCUT2D eigenvalue weighted by molar-refractivity contribution is 7.90. The lowest BCUT2D eigenvalue weighted by atomic mass is 10.1. The lowest BCUT2D eigenvalue weighted by molar-refractivity contribution is 0.154. The summed E-state index contributed by atoms with van der Waals surface area (Å²) in [5, 5.41) is 6.40. The number of ether oxygens (including phenoxy) is 3. The predicted octanol–water partition coefficient (Wildman–Crippen LogP) is 0.991. The molecule has 0 fully saturated rings. The number of aliphatic imine (C=N–C) groups is 1. The molecule has 9 heteroatoms. The van der Waals surface area contributed by atoms with Gasteiger partial charge in [-0.05, 0) is 25.1 Å². The molecule has 0 amide bonds. The maximum Gasteiger partial charge on any atom is 0.191 e. The van der Waals surface area contributed by atoms with Gasteiger partial charge in [0.05, 0.1) is 39.2 Å². The largest absolute Gasteiger partial charge is 0.497 e. The Balaban J connectivity index is 2.52. The maximum atomic E-state index is 11.0. The molecule has 0 heterocycles. The molecule has 0 saturated carbocycles. The average molecular weight is 388 g/mol. The Morgan fingerprint density at radius 1 is 1.23 bits per heavy atom. The molecule has 0 aromatic heterocycles. The fourth-order valence-electron chi connectivity index (χ4n) is 2.21. The van der Waals surface area contributed by atoms with E-state index in [1.165, 1.54) is 6.26 Å². The second-order valence-electron chi connectivity index (χ2n) is 5.72. The van der Waals surface area contributed by atoms with Crippen molar-refractivity contribution in [2.45, 2.75) is 13.0 Å². The number of rotatable bonds is 10. The van der Waals surface area contributed by atoms with Crippen LogP contribution in [-0.2, 0) is 14.6 Å². The van der Waals surface area contributed by atoms with Gasteiger partial charge in [0.1, 0.15) is 21.3 Å². The van der Waals surface area contributed by atoms with Crippen molar-refractivity contribution in [1.82, 2.24) is 10.6 Å². The zero-order chi connectivity index (χ0) is 19.6. The first-order valence-corrected chi connectivity index (χ1v) is 10.3. The topological polar surface area (TPSA) is 98.3 Å². The highest BCUT2D eigenvalue weighted by atomic mass is 32.2. The Hall–Kier alpha value is -2.00. The summed E-state index contributed by atoms with van der Waals surface area (Å²) >= 11 is 0. The Morgan fingerprint density at radius 3 is 2.54 bits per heavy atom. The van der Waals surface area contributed by atoms with Crippen molar-refractivity contribution < 1.29 is 22.6 Å². The van der Waals surface area contributed by atoms with Crippen molar-refractivity contribution in [1.29, 1.82) is 0 Å². The summed E-state index contributed by atoms with van der Waals surface area (Å²) in [7, 11) is 1.92. The first-order chi connectivity index (χ1) is 12.3. The van der Waals surface area contributed by atoms with E-state index in [9.17, 15) is 8.42 Å². The van der Waals surface area contributed by atoms with Crippen LogP contribution in [-0.4, -0.2) is 67.4 Å². The Kier molecular flexibility index (Phi) is 9.22. The Morgan fingerprint density at radius 2 is 1.96 bits per heavy atom. The second-order valence-corrected chi connectivity index (χ2v) is 7.97. The van der Waals surface area contributed by atoms with Gasteiger partial charge in [-0.1, -0.05) is 0 Å². The summed E-state index contributed by atoms with van der Waals surface area (Å²) < 4.78 is 38.0. The first-order valence-electron chi connectivity index (χ1n) is 8.25. The summed E-state index contributed by atoms with van der Waals surface area (Å²) in [4.78, 5) is 4.18. The molecule has 0 bridgehead atoms. The lowest BCUT2D eigenvalue weighted by Gasteiger charge is -2.20. The van der Waals surface area contributed by atoms with Crippen molar-refractivity contribution >= 4 is 15.8 Å². The van der Waals surface area contributed by atoms with E-state index >= 15 is 0 Å². The number of benzene rings is 1. The monoisotopic (exact) mass is 387 g/mol. The average Bonchev–Trinajstić information content (AvgIpc) is 2.61. The zero-order valence-corrected chi connectivity index (χ0v) is 16.9. The summed E-state index contributed by atoms with van der Waals surface area (Å²) in [6.07, 6.45) is 1.19. The summed E-state index contributed by atoms with van der Waals surface area (Å²) in [6, 6.07) is 5.55. The van der Waals surface area contributed by atoms with Crippen LogP contribution >= 0.6 is 0 Å². The molecule has 1 atom stereocenters. The molecule has 26 heavy (non-hydrogen) atoms. The molecule has 0 radical (unpaired) electrons. The van der Waals surface area contributed by atoms with Gasteiger partial charge in [-0.2, -0.15) is 0 Å². The molecule has 8 nitrogen and oxygen atoms in total. The summed E-state index contributed by atoms with van der Waals surface area (Å²) in [6.45, 7) is 3.06. The van der Waals surface area contributed by atoms with Crippen molar-refractivity contribution in [2.75, 3.05) is 53.0 Å². The molecule has 148 valence electrons. The molecule has 0 aliphatic carbocycles. The first kappa shape index (κ1) is 22.0. The molecule has 0 spiro atoms. The standard InChI is InChI=1S/C17H29N3O5S/c1-13(15-12-14(23-3)6-7-16(15)24-4)20-17(18-2)19-8-9-25-10-11-26(5,21)22/h6-7,12-13H,8-11H2,1-5H3,(H2,18,19,20). The molecule has 1 rings (SSSR count). The van der Waals surface area contributed by atoms with Crippen LogP contribution in [0.25, 0.3) is 0 Å². The highest BCUT2D eigenvalue weighted by Gasteiger charge is 2.14. The van der Waals surface area contributed by atoms with Crippen molar-refractivity contribution in [3.05, 3.63) is 23.8 Å². The van der Waals surface area contributed by atoms with Gasteiger partial charge in [-0.25, -0.2) is 8.42 Å². The van der Waals surface area contributed by atoms with Crippen LogP contribution in [0.3, 0.4) is 0 Å². The van der Waals surface area contributed by atoms with Crippen molar-refractivity contribution in [3.63, 3.8) is 0 Å². The van der Waals surface area contributed by atoms with Gasteiger partial charge >= 0.3 is 0 Å². The molecule has 0 aliphatic rings. The molecular weight excluding hydrogens is 358 g/mol. The molecule has 0 saturated heterocycles. The predicted molar refractivity (Wildman–Crippen MR) is 103 cm³/mol. The number of methoxy groups -OCH3 is 2. The van der Waals surface area contributed by atoms with Crippen molar-refractivity contribution in [3.8, 4) is 11.5 Å². The Bertz CT molecular complexity index is 692. The SMILES string of the molecule is CN=C(NCCOCCS(C)(=O)=O)NC(C)c1cc(OC)ccc1OC. The molecule has 1 aromatic carbocycles. The van der Waals surface area contributed by atoms with Gasteiger partial charge in [-0.3, -0.25) is 4.99 Å². The molecule has 2 N–H and O–H groups in total. The second kappa shape index (κ2) is 10.9. The minimum absolute atomic E-state index is 0.0205. The number of sulfone groups is 1. The third-order valence-corrected chi connectivity index (χ3v) is 4.53. The summed E-state index contributed by atoms with van der Waals surface area (Å²) in [5.41, 5.74) is 0.944. The lowest BCUT2D eigenvalue weighted by Crippen LogP contribution is -2.40. The summed E-state index contributed by atoms with van der Waals surface area (Å²) in [5.74, 6) is 2.13. The van der Waals surface area contributed by atoms with E-state index in [1.54, 1.807) is 21.3 Å². The highest BCUT2D eigenvalue weighted by Crippen LogP contribution is 2.29. The minimum atomic E-state index is -2.99. The zero-order valence-electron chi connectivity index (χ0n) is 16.0. The number of hydrogen-bond acceptors (Lipinski definition) is 6. The van der Waals surface area contributed by atoms with Crippen molar-refractivity contribution in [2.24, 2.45) is 4.99 Å². The quantitative estimate of drug-likeness (QED) is 0.351. The van der Waals surface area contributed by atoms with Gasteiger partial charge in [0.25, 0.3) is 0 Å². The number of nitrogens with one attached hydrogen (secondary N) is 2. The van der Waals surface area contributed by atoms with Crippen LogP contribution in [0.4, 0.5) is 0 Å². The molecule has 1 unspecified atom stereocenters. The van der Waals surface area contributed by atoms with Crippen LogP contribution in [0.15, 0.2) is 23.2 Å². The third kappa shape index (κ3) is 7.92. The molecular formula is C17H29N3O5S. The van der Waals surface area contributed by atoms with E-state index in [-0.39, 0.29) is 18.4 Å². The van der Waals surface area contributed by atoms with E-state index in [4.69, 9.17) is 14.2 Å². The maximum absolute atomic E-state index is 11.0. The molecule has 0 aliphatic heterocycles. The van der Waals surface area contributed by atoms with Gasteiger partial charge in [0, 0.05) is 25.4 Å². The van der Waals surface area contributed by atoms with Crippen LogP contribution in [0, 0.1) is 0 Å². The van der Waals surface area contributed by atoms with Gasteiger partial charge in [0.15, 0.2) is 5.96 Å². The van der Waals surface area contributed by atoms with Crippen LogP contribution in [0.1, 0.15) is 18.5 Å². The number of hydrogen-bond donors (Lipinski definition) is 2.